The lowest BCUT2D eigenvalue weighted by molar-refractivity contribution is 0.637. The molecule has 0 bridgehead atoms. The maximum atomic E-state index is 6.29. The topological polar surface area (TPSA) is 43.8 Å². The van der Waals surface area contributed by atoms with Gasteiger partial charge in [0.1, 0.15) is 17.3 Å². The van der Waals surface area contributed by atoms with Gasteiger partial charge in [0.05, 0.1) is 0 Å². The summed E-state index contributed by atoms with van der Waals surface area (Å²) in [5.74, 6) is 1.88. The van der Waals surface area contributed by atoms with Crippen molar-refractivity contribution < 1.29 is 0 Å². The number of imidazole rings is 1. The molecule has 0 saturated heterocycles. The summed E-state index contributed by atoms with van der Waals surface area (Å²) in [4.78, 5) is 4.75. The van der Waals surface area contributed by atoms with E-state index >= 15 is 0 Å². The average Bonchev–Trinajstić information content (AvgIpc) is 2.69. The van der Waals surface area contributed by atoms with Gasteiger partial charge in [-0.15, -0.1) is 0 Å². The monoisotopic (exact) mass is 321 g/mol. The van der Waals surface area contributed by atoms with Crippen molar-refractivity contribution in [3.05, 3.63) is 34.6 Å². The molecule has 2 rings (SSSR count). The smallest absolute Gasteiger partial charge is 0.131 e. The van der Waals surface area contributed by atoms with Crippen molar-refractivity contribution in [3.8, 4) is 11.3 Å². The highest BCUT2D eigenvalue weighted by Crippen LogP contribution is 2.29. The van der Waals surface area contributed by atoms with Crippen LogP contribution in [-0.4, -0.2) is 9.55 Å². The summed E-state index contributed by atoms with van der Waals surface area (Å²) in [7, 11) is 0. The van der Waals surface area contributed by atoms with E-state index in [0.29, 0.717) is 0 Å². The standard InChI is InChI=1S/C15H20BrN3/c1-3-6-13-18-14(15(17)19(13)9-4-2)11-7-5-8-12(16)10-11/h5,7-8,10H,3-4,6,9,17H2,1-2H3. The number of rotatable bonds is 5. The Hall–Kier alpha value is -1.29. The average molecular weight is 322 g/mol. The van der Waals surface area contributed by atoms with Crippen molar-refractivity contribution in [2.45, 2.75) is 39.7 Å². The first-order chi connectivity index (χ1) is 9.17. The Bertz CT molecular complexity index is 561. The zero-order valence-electron chi connectivity index (χ0n) is 11.5. The Morgan fingerprint density at radius 1 is 1.26 bits per heavy atom. The highest BCUT2D eigenvalue weighted by Gasteiger charge is 2.15. The predicted molar refractivity (Wildman–Crippen MR) is 84.1 cm³/mol. The first-order valence-corrected chi connectivity index (χ1v) is 7.57. The van der Waals surface area contributed by atoms with Gasteiger partial charge in [-0.3, -0.25) is 0 Å². The molecule has 0 amide bonds. The molecule has 0 unspecified atom stereocenters. The van der Waals surface area contributed by atoms with Gasteiger partial charge in [-0.25, -0.2) is 4.98 Å². The molecule has 1 aromatic heterocycles. The van der Waals surface area contributed by atoms with Crippen LogP contribution in [0.2, 0.25) is 0 Å². The number of nitrogens with zero attached hydrogens (tertiary/aromatic N) is 2. The van der Waals surface area contributed by atoms with E-state index in [9.17, 15) is 0 Å². The van der Waals surface area contributed by atoms with Crippen LogP contribution in [0.15, 0.2) is 28.7 Å². The maximum absolute atomic E-state index is 6.29. The zero-order chi connectivity index (χ0) is 13.8. The van der Waals surface area contributed by atoms with Gasteiger partial charge in [-0.05, 0) is 25.0 Å². The molecule has 1 heterocycles. The summed E-state index contributed by atoms with van der Waals surface area (Å²) in [6.45, 7) is 5.26. The van der Waals surface area contributed by atoms with Crippen LogP contribution in [0.5, 0.6) is 0 Å². The number of benzene rings is 1. The Balaban J connectivity index is 2.49. The summed E-state index contributed by atoms with van der Waals surface area (Å²) < 4.78 is 3.20. The Morgan fingerprint density at radius 3 is 2.68 bits per heavy atom. The third kappa shape index (κ3) is 3.00. The number of nitrogens with two attached hydrogens (primary N) is 1. The molecule has 0 fully saturated rings. The van der Waals surface area contributed by atoms with Gasteiger partial charge in [0.15, 0.2) is 0 Å². The minimum absolute atomic E-state index is 0.781. The predicted octanol–water partition coefficient (Wildman–Crippen LogP) is 4.26. The van der Waals surface area contributed by atoms with Crippen molar-refractivity contribution in [2.75, 3.05) is 5.73 Å². The molecule has 4 heteroatoms. The van der Waals surface area contributed by atoms with E-state index in [1.54, 1.807) is 0 Å². The molecule has 0 saturated carbocycles. The molecule has 2 N–H and O–H groups in total. The summed E-state index contributed by atoms with van der Waals surface area (Å²) in [6, 6.07) is 8.13. The third-order valence-corrected chi connectivity index (χ3v) is 3.60. The number of nitrogen functional groups attached to an aromatic ring is 1. The molecule has 2 aromatic rings. The highest BCUT2D eigenvalue weighted by atomic mass is 79.9. The van der Waals surface area contributed by atoms with Crippen molar-refractivity contribution in [3.63, 3.8) is 0 Å². The molecule has 0 aliphatic carbocycles. The second kappa shape index (κ2) is 6.24. The molecule has 0 aliphatic heterocycles. The summed E-state index contributed by atoms with van der Waals surface area (Å²) in [6.07, 6.45) is 3.12. The van der Waals surface area contributed by atoms with Gasteiger partial charge < -0.3 is 10.3 Å². The molecule has 19 heavy (non-hydrogen) atoms. The SMILES string of the molecule is CCCc1nc(-c2cccc(Br)c2)c(N)n1CCC. The fraction of sp³-hybridized carbons (Fsp3) is 0.400. The lowest BCUT2D eigenvalue weighted by Gasteiger charge is -2.07. The van der Waals surface area contributed by atoms with Crippen LogP contribution in [0.25, 0.3) is 11.3 Å². The van der Waals surface area contributed by atoms with E-state index in [1.165, 1.54) is 0 Å². The van der Waals surface area contributed by atoms with Gasteiger partial charge in [0, 0.05) is 23.0 Å². The summed E-state index contributed by atoms with van der Waals surface area (Å²) in [5.41, 5.74) is 8.26. The number of anilines is 1. The van der Waals surface area contributed by atoms with Gasteiger partial charge in [0.25, 0.3) is 0 Å². The van der Waals surface area contributed by atoms with Crippen LogP contribution in [0, 0.1) is 0 Å². The zero-order valence-corrected chi connectivity index (χ0v) is 13.1. The molecule has 0 spiro atoms. The molecule has 1 aromatic carbocycles. The number of aryl methyl sites for hydroxylation is 1. The lowest BCUT2D eigenvalue weighted by Crippen LogP contribution is -2.06. The Kier molecular flexibility index (Phi) is 4.64. The van der Waals surface area contributed by atoms with Crippen molar-refractivity contribution in [1.29, 1.82) is 0 Å². The van der Waals surface area contributed by atoms with Crippen LogP contribution in [0.1, 0.15) is 32.5 Å². The molecule has 0 radical (unpaired) electrons. The normalized spacial score (nSPS) is 10.9. The van der Waals surface area contributed by atoms with E-state index < -0.39 is 0 Å². The van der Waals surface area contributed by atoms with Crippen LogP contribution < -0.4 is 5.73 Å². The number of hydrogen-bond donors (Lipinski definition) is 1. The summed E-state index contributed by atoms with van der Waals surface area (Å²) >= 11 is 3.50. The number of hydrogen-bond acceptors (Lipinski definition) is 2. The van der Waals surface area contributed by atoms with Gasteiger partial charge in [0.2, 0.25) is 0 Å². The third-order valence-electron chi connectivity index (χ3n) is 3.10. The lowest BCUT2D eigenvalue weighted by atomic mass is 10.1. The molecular weight excluding hydrogens is 302 g/mol. The maximum Gasteiger partial charge on any atom is 0.131 e. The minimum atomic E-state index is 0.781. The van der Waals surface area contributed by atoms with Crippen molar-refractivity contribution in [1.82, 2.24) is 9.55 Å². The molecule has 0 atom stereocenters. The van der Waals surface area contributed by atoms with Crippen molar-refractivity contribution >= 4 is 21.7 Å². The van der Waals surface area contributed by atoms with E-state index in [4.69, 9.17) is 10.7 Å². The van der Waals surface area contributed by atoms with Gasteiger partial charge in [-0.1, -0.05) is 41.9 Å². The van der Waals surface area contributed by atoms with Gasteiger partial charge >= 0.3 is 0 Å². The molecular formula is C15H20BrN3. The minimum Gasteiger partial charge on any atom is -0.383 e. The highest BCUT2D eigenvalue weighted by molar-refractivity contribution is 9.10. The fourth-order valence-corrected chi connectivity index (χ4v) is 2.65. The molecule has 102 valence electrons. The first kappa shape index (κ1) is 14.1. The largest absolute Gasteiger partial charge is 0.383 e. The molecule has 0 aliphatic rings. The van der Waals surface area contributed by atoms with Crippen LogP contribution >= 0.6 is 15.9 Å². The first-order valence-electron chi connectivity index (χ1n) is 6.78. The van der Waals surface area contributed by atoms with Gasteiger partial charge in [-0.2, -0.15) is 0 Å². The van der Waals surface area contributed by atoms with E-state index in [1.807, 2.05) is 12.1 Å². The van der Waals surface area contributed by atoms with E-state index in [-0.39, 0.29) is 0 Å². The Morgan fingerprint density at radius 2 is 2.05 bits per heavy atom. The second-order valence-corrected chi connectivity index (χ2v) is 5.59. The second-order valence-electron chi connectivity index (χ2n) is 4.67. The number of aromatic nitrogens is 2. The quantitative estimate of drug-likeness (QED) is 0.894. The Labute approximate surface area is 123 Å². The summed E-state index contributed by atoms with van der Waals surface area (Å²) in [5, 5.41) is 0. The van der Waals surface area contributed by atoms with E-state index in [2.05, 4.69) is 46.5 Å². The fourth-order valence-electron chi connectivity index (χ4n) is 2.25. The molecule has 3 nitrogen and oxygen atoms in total. The number of halogens is 1. The van der Waals surface area contributed by atoms with Crippen molar-refractivity contribution in [2.24, 2.45) is 0 Å². The van der Waals surface area contributed by atoms with Crippen LogP contribution in [0.3, 0.4) is 0 Å². The van der Waals surface area contributed by atoms with Crippen LogP contribution in [-0.2, 0) is 13.0 Å². The van der Waals surface area contributed by atoms with Crippen LogP contribution in [0.4, 0.5) is 5.82 Å². The van der Waals surface area contributed by atoms with E-state index in [0.717, 1.165) is 53.2 Å².